The van der Waals surface area contributed by atoms with Crippen molar-refractivity contribution >= 4 is 18.3 Å². The molecule has 1 saturated heterocycles. The molecule has 0 saturated carbocycles. The average molecular weight is 364 g/mol. The molecule has 0 radical (unpaired) electrons. The zero-order chi connectivity index (χ0) is 16.9. The second kappa shape index (κ2) is 8.97. The van der Waals surface area contributed by atoms with Crippen LogP contribution in [0.2, 0.25) is 0 Å². The summed E-state index contributed by atoms with van der Waals surface area (Å²) in [5.74, 6) is 0.699. The Balaban J connectivity index is 0.00000225. The van der Waals surface area contributed by atoms with Crippen LogP contribution < -0.4 is 5.32 Å². The maximum atomic E-state index is 12.6. The van der Waals surface area contributed by atoms with E-state index in [4.69, 9.17) is 0 Å². The molecule has 0 spiro atoms. The standard InChI is InChI=1S/C18H25N5O.ClH/c1-14-3-5-16(6-4-14)23-13-17(20-21-23)18(24)22-11-8-15(9-12-22)7-10-19-2;/h3-6,13,15,19H,7-12H2,1-2H3;1H. The van der Waals surface area contributed by atoms with E-state index in [1.807, 2.05) is 43.1 Å². The molecule has 6 nitrogen and oxygen atoms in total. The van der Waals surface area contributed by atoms with Crippen molar-refractivity contribution in [1.82, 2.24) is 25.2 Å². The number of aromatic nitrogens is 3. The summed E-state index contributed by atoms with van der Waals surface area (Å²) in [6.07, 6.45) is 5.04. The number of nitrogens with zero attached hydrogens (tertiary/aromatic N) is 4. The zero-order valence-electron chi connectivity index (χ0n) is 14.8. The highest BCUT2D eigenvalue weighted by Crippen LogP contribution is 2.21. The van der Waals surface area contributed by atoms with Crippen LogP contribution in [0.4, 0.5) is 0 Å². The Labute approximate surface area is 155 Å². The van der Waals surface area contributed by atoms with Gasteiger partial charge in [0.2, 0.25) is 0 Å². The predicted molar refractivity (Wildman–Crippen MR) is 101 cm³/mol. The Morgan fingerprint density at radius 2 is 1.92 bits per heavy atom. The minimum absolute atomic E-state index is 0. The molecule has 1 amide bonds. The highest BCUT2D eigenvalue weighted by Gasteiger charge is 2.25. The molecule has 1 N–H and O–H groups in total. The van der Waals surface area contributed by atoms with E-state index in [-0.39, 0.29) is 18.3 Å². The van der Waals surface area contributed by atoms with Crippen molar-refractivity contribution in [2.24, 2.45) is 5.92 Å². The highest BCUT2D eigenvalue weighted by molar-refractivity contribution is 5.92. The summed E-state index contributed by atoms with van der Waals surface area (Å²) in [6, 6.07) is 8.00. The molecule has 1 aromatic heterocycles. The maximum Gasteiger partial charge on any atom is 0.276 e. The number of amides is 1. The molecule has 0 aliphatic carbocycles. The van der Waals surface area contributed by atoms with Crippen molar-refractivity contribution < 1.29 is 4.79 Å². The Morgan fingerprint density at radius 1 is 1.24 bits per heavy atom. The van der Waals surface area contributed by atoms with Crippen molar-refractivity contribution in [2.45, 2.75) is 26.2 Å². The summed E-state index contributed by atoms with van der Waals surface area (Å²) >= 11 is 0. The quantitative estimate of drug-likeness (QED) is 0.886. The normalized spacial score (nSPS) is 15.0. The van der Waals surface area contributed by atoms with Gasteiger partial charge in [-0.05, 0) is 57.8 Å². The van der Waals surface area contributed by atoms with Crippen molar-refractivity contribution in [2.75, 3.05) is 26.7 Å². The van der Waals surface area contributed by atoms with Crippen molar-refractivity contribution in [3.8, 4) is 5.69 Å². The van der Waals surface area contributed by atoms with E-state index in [9.17, 15) is 4.79 Å². The number of piperidine rings is 1. The fourth-order valence-corrected chi connectivity index (χ4v) is 3.12. The van der Waals surface area contributed by atoms with E-state index in [1.165, 1.54) is 12.0 Å². The molecule has 0 atom stereocenters. The largest absolute Gasteiger partial charge is 0.337 e. The van der Waals surface area contributed by atoms with Crippen molar-refractivity contribution in [3.05, 3.63) is 41.7 Å². The minimum Gasteiger partial charge on any atom is -0.337 e. The number of carbonyl (C=O) groups is 1. The van der Waals surface area contributed by atoms with E-state index in [0.29, 0.717) is 11.6 Å². The topological polar surface area (TPSA) is 63.1 Å². The molecule has 2 aromatic rings. The minimum atomic E-state index is -0.0135. The smallest absolute Gasteiger partial charge is 0.276 e. The van der Waals surface area contributed by atoms with E-state index in [0.717, 1.165) is 38.2 Å². The molecule has 3 rings (SSSR count). The lowest BCUT2D eigenvalue weighted by atomic mass is 9.93. The van der Waals surface area contributed by atoms with E-state index in [1.54, 1.807) is 10.9 Å². The molecule has 1 aromatic carbocycles. The van der Waals surface area contributed by atoms with E-state index >= 15 is 0 Å². The third-order valence-corrected chi connectivity index (χ3v) is 4.72. The van der Waals surface area contributed by atoms with Gasteiger partial charge in [-0.15, -0.1) is 17.5 Å². The van der Waals surface area contributed by atoms with Gasteiger partial charge in [-0.3, -0.25) is 4.79 Å². The van der Waals surface area contributed by atoms with Gasteiger partial charge in [0.25, 0.3) is 5.91 Å². The maximum absolute atomic E-state index is 12.6. The number of nitrogens with one attached hydrogen (secondary N) is 1. The number of carbonyl (C=O) groups excluding carboxylic acids is 1. The van der Waals surface area contributed by atoms with Crippen molar-refractivity contribution in [3.63, 3.8) is 0 Å². The van der Waals surface area contributed by atoms with Crippen LogP contribution >= 0.6 is 12.4 Å². The van der Waals surface area contributed by atoms with Crippen LogP contribution in [0, 0.1) is 12.8 Å². The summed E-state index contributed by atoms with van der Waals surface area (Å²) in [5.41, 5.74) is 2.53. The van der Waals surface area contributed by atoms with Gasteiger partial charge in [-0.25, -0.2) is 4.68 Å². The van der Waals surface area contributed by atoms with Crippen LogP contribution in [0.25, 0.3) is 5.69 Å². The number of benzene rings is 1. The van der Waals surface area contributed by atoms with Gasteiger partial charge in [0, 0.05) is 13.1 Å². The number of hydrogen-bond acceptors (Lipinski definition) is 4. The fourth-order valence-electron chi connectivity index (χ4n) is 3.12. The highest BCUT2D eigenvalue weighted by atomic mass is 35.5. The van der Waals surface area contributed by atoms with Crippen LogP contribution in [0.15, 0.2) is 30.5 Å². The Bertz CT molecular complexity index is 677. The third-order valence-electron chi connectivity index (χ3n) is 4.72. The molecule has 1 fully saturated rings. The van der Waals surface area contributed by atoms with Crippen molar-refractivity contribution in [1.29, 1.82) is 0 Å². The first-order valence-electron chi connectivity index (χ1n) is 8.60. The van der Waals surface area contributed by atoms with Crippen LogP contribution in [0.5, 0.6) is 0 Å². The zero-order valence-corrected chi connectivity index (χ0v) is 15.6. The van der Waals surface area contributed by atoms with Crippen LogP contribution in [-0.4, -0.2) is 52.5 Å². The Morgan fingerprint density at radius 3 is 2.56 bits per heavy atom. The number of halogens is 1. The van der Waals surface area contributed by atoms with Gasteiger partial charge in [-0.1, -0.05) is 22.9 Å². The summed E-state index contributed by atoms with van der Waals surface area (Å²) in [6.45, 7) is 4.71. The van der Waals surface area contributed by atoms with Gasteiger partial charge >= 0.3 is 0 Å². The molecule has 136 valence electrons. The lowest BCUT2D eigenvalue weighted by Gasteiger charge is -2.31. The number of rotatable bonds is 5. The van der Waals surface area contributed by atoms with Crippen LogP contribution in [0.3, 0.4) is 0 Å². The first-order chi connectivity index (χ1) is 11.7. The molecule has 25 heavy (non-hydrogen) atoms. The summed E-state index contributed by atoms with van der Waals surface area (Å²) in [4.78, 5) is 14.5. The first-order valence-corrected chi connectivity index (χ1v) is 8.60. The van der Waals surface area contributed by atoms with Gasteiger partial charge < -0.3 is 10.2 Å². The Hall–Kier alpha value is -1.92. The molecule has 2 heterocycles. The van der Waals surface area contributed by atoms with E-state index < -0.39 is 0 Å². The van der Waals surface area contributed by atoms with Gasteiger partial charge in [0.05, 0.1) is 11.9 Å². The van der Waals surface area contributed by atoms with E-state index in [2.05, 4.69) is 15.6 Å². The first kappa shape index (κ1) is 19.4. The van der Waals surface area contributed by atoms with Crippen LogP contribution in [0.1, 0.15) is 35.3 Å². The third kappa shape index (κ3) is 4.80. The number of hydrogen-bond donors (Lipinski definition) is 1. The van der Waals surface area contributed by atoms with Gasteiger partial charge in [0.15, 0.2) is 5.69 Å². The monoisotopic (exact) mass is 363 g/mol. The fraction of sp³-hybridized carbons (Fsp3) is 0.500. The average Bonchev–Trinajstić information content (AvgIpc) is 3.10. The SMILES string of the molecule is CNCCC1CCN(C(=O)c2cn(-c3ccc(C)cc3)nn2)CC1.Cl. The lowest BCUT2D eigenvalue weighted by Crippen LogP contribution is -2.39. The predicted octanol–water partition coefficient (Wildman–Crippen LogP) is 2.46. The molecule has 0 bridgehead atoms. The summed E-state index contributed by atoms with van der Waals surface area (Å²) in [5, 5.41) is 11.4. The summed E-state index contributed by atoms with van der Waals surface area (Å²) in [7, 11) is 1.98. The Kier molecular flexibility index (Phi) is 6.96. The number of aryl methyl sites for hydroxylation is 1. The molecule has 1 aliphatic heterocycles. The molecular formula is C18H26ClN5O. The van der Waals surface area contributed by atoms with Gasteiger partial charge in [-0.2, -0.15) is 0 Å². The number of likely N-dealkylation sites (tertiary alicyclic amines) is 1. The molecule has 0 unspecified atom stereocenters. The van der Waals surface area contributed by atoms with Gasteiger partial charge in [0.1, 0.15) is 0 Å². The second-order valence-electron chi connectivity index (χ2n) is 6.51. The molecule has 7 heteroatoms. The van der Waals surface area contributed by atoms with Crippen LogP contribution in [-0.2, 0) is 0 Å². The second-order valence-corrected chi connectivity index (χ2v) is 6.51. The summed E-state index contributed by atoms with van der Waals surface area (Å²) < 4.78 is 1.66. The molecule has 1 aliphatic rings. The molecular weight excluding hydrogens is 338 g/mol. The lowest BCUT2D eigenvalue weighted by molar-refractivity contribution is 0.0681.